The Morgan fingerprint density at radius 1 is 0.649 bits per heavy atom. The van der Waals surface area contributed by atoms with Gasteiger partial charge in [-0.15, -0.1) is 0 Å². The molecule has 2 aromatic rings. The predicted molar refractivity (Wildman–Crippen MR) is 132 cm³/mol. The second kappa shape index (κ2) is 9.93. The Labute approximate surface area is 213 Å². The van der Waals surface area contributed by atoms with E-state index >= 15 is 0 Å². The number of aliphatic carboxylic acids is 2. The molecule has 2 aliphatic carbocycles. The molecule has 0 fully saturated rings. The first-order valence-corrected chi connectivity index (χ1v) is 11.6. The van der Waals surface area contributed by atoms with Crippen molar-refractivity contribution in [3.8, 4) is 11.5 Å². The third-order valence-corrected chi connectivity index (χ3v) is 6.78. The van der Waals surface area contributed by atoms with Crippen molar-refractivity contribution in [1.82, 2.24) is 0 Å². The van der Waals surface area contributed by atoms with Crippen LogP contribution in [0.4, 0.5) is 0 Å². The second-order valence-corrected chi connectivity index (χ2v) is 8.95. The summed E-state index contributed by atoms with van der Waals surface area (Å²) >= 11 is 0. The minimum absolute atomic E-state index is 0.0536. The van der Waals surface area contributed by atoms with Gasteiger partial charge in [0.1, 0.15) is 11.5 Å². The van der Waals surface area contributed by atoms with Crippen LogP contribution in [0, 0.1) is 13.8 Å². The third-order valence-electron chi connectivity index (χ3n) is 6.78. The molecule has 0 saturated carbocycles. The van der Waals surface area contributed by atoms with E-state index in [0.717, 1.165) is 0 Å². The van der Waals surface area contributed by atoms with E-state index in [1.54, 1.807) is 38.1 Å². The molecule has 9 heteroatoms. The predicted octanol–water partition coefficient (Wildman–Crippen LogP) is 3.66. The topological polar surface area (TPSA) is 136 Å². The fourth-order valence-electron chi connectivity index (χ4n) is 4.95. The molecule has 0 aromatic heterocycles. The first kappa shape index (κ1) is 25.7. The van der Waals surface area contributed by atoms with Crippen LogP contribution in [0.5, 0.6) is 11.5 Å². The number of carboxylic acid groups (broad SMARTS) is 2. The summed E-state index contributed by atoms with van der Waals surface area (Å²) in [6.07, 6.45) is 0.832. The highest BCUT2D eigenvalue weighted by Crippen LogP contribution is 2.39. The molecular weight excluding hydrogens is 480 g/mol. The molecule has 2 N–H and O–H groups in total. The molecule has 0 unspecified atom stereocenters. The molecule has 0 amide bonds. The molecule has 0 spiro atoms. The summed E-state index contributed by atoms with van der Waals surface area (Å²) in [5.41, 5.74) is 2.59. The lowest BCUT2D eigenvalue weighted by Crippen LogP contribution is -2.24. The van der Waals surface area contributed by atoms with Gasteiger partial charge < -0.3 is 24.4 Å². The van der Waals surface area contributed by atoms with Gasteiger partial charge in [0.2, 0.25) is 0 Å². The van der Waals surface area contributed by atoms with Gasteiger partial charge in [0.05, 0.1) is 36.5 Å². The fraction of sp³-hybridized carbons (Fsp3) is 0.286. The monoisotopic (exact) mass is 506 g/mol. The Bertz CT molecular complexity index is 1320. The number of hydrogen-bond donors (Lipinski definition) is 2. The molecule has 9 nitrogen and oxygen atoms in total. The van der Waals surface area contributed by atoms with Gasteiger partial charge in [0, 0.05) is 0 Å². The molecule has 0 saturated heterocycles. The van der Waals surface area contributed by atoms with E-state index < -0.39 is 23.9 Å². The van der Waals surface area contributed by atoms with E-state index in [-0.39, 0.29) is 35.1 Å². The Kier molecular flexibility index (Phi) is 6.89. The van der Waals surface area contributed by atoms with E-state index in [9.17, 15) is 29.4 Å². The molecule has 0 atom stereocenters. The Hall–Kier alpha value is -4.40. The largest absolute Gasteiger partial charge is 0.496 e. The first-order valence-electron chi connectivity index (χ1n) is 11.6. The number of rotatable bonds is 6. The van der Waals surface area contributed by atoms with Crippen molar-refractivity contribution in [3.05, 3.63) is 68.8 Å². The van der Waals surface area contributed by atoms with Crippen molar-refractivity contribution in [2.45, 2.75) is 39.5 Å². The lowest BCUT2D eigenvalue weighted by Gasteiger charge is -2.24. The van der Waals surface area contributed by atoms with Gasteiger partial charge in [-0.1, -0.05) is 0 Å². The number of benzene rings is 2. The van der Waals surface area contributed by atoms with Gasteiger partial charge in [-0.2, -0.15) is 0 Å². The van der Waals surface area contributed by atoms with Crippen molar-refractivity contribution >= 4 is 35.0 Å². The Balaban J connectivity index is 1.79. The number of hydrogen-bond acceptors (Lipinski definition) is 7. The summed E-state index contributed by atoms with van der Waals surface area (Å²) in [6.45, 7) is 3.50. The number of carbonyl (C=O) groups is 4. The van der Waals surface area contributed by atoms with Crippen LogP contribution in [-0.2, 0) is 36.8 Å². The zero-order valence-corrected chi connectivity index (χ0v) is 20.9. The van der Waals surface area contributed by atoms with Crippen LogP contribution in [0.3, 0.4) is 0 Å². The van der Waals surface area contributed by atoms with Gasteiger partial charge in [0.15, 0.2) is 0 Å². The molecular formula is C28H26O9. The number of fused-ring (bicyclic) bond motifs is 2. The van der Waals surface area contributed by atoms with Gasteiger partial charge in [-0.25, -0.2) is 19.2 Å². The molecule has 37 heavy (non-hydrogen) atoms. The quantitative estimate of drug-likeness (QED) is 0.444. The minimum Gasteiger partial charge on any atom is -0.496 e. The van der Waals surface area contributed by atoms with Crippen molar-refractivity contribution in [2.24, 2.45) is 0 Å². The summed E-state index contributed by atoms with van der Waals surface area (Å²) in [5.74, 6) is -3.72. The van der Waals surface area contributed by atoms with E-state index in [2.05, 4.69) is 0 Å². The number of ether oxygens (including phenoxy) is 3. The van der Waals surface area contributed by atoms with Crippen LogP contribution < -0.4 is 9.47 Å². The summed E-state index contributed by atoms with van der Waals surface area (Å²) in [6, 6.07) is 6.73. The average Bonchev–Trinajstić information content (AvgIpc) is 2.85. The molecule has 0 bridgehead atoms. The third kappa shape index (κ3) is 4.60. The maximum absolute atomic E-state index is 13.4. The number of carboxylic acids is 2. The van der Waals surface area contributed by atoms with E-state index in [1.807, 2.05) is 0 Å². The SMILES string of the molecule is COc1cc2c(cc1C)C(C(=O)OC(=O)C1=C(C(=O)O)CCc3cc(OC)c(C)cc31)=C(C(=O)O)CC2. The number of esters is 2. The normalized spacial score (nSPS) is 14.5. The van der Waals surface area contributed by atoms with Crippen LogP contribution in [0.15, 0.2) is 35.4 Å². The van der Waals surface area contributed by atoms with Crippen LogP contribution in [0.2, 0.25) is 0 Å². The first-order chi connectivity index (χ1) is 17.6. The lowest BCUT2D eigenvalue weighted by atomic mass is 9.83. The summed E-state index contributed by atoms with van der Waals surface area (Å²) < 4.78 is 15.9. The maximum atomic E-state index is 13.4. The zero-order valence-electron chi connectivity index (χ0n) is 20.9. The van der Waals surface area contributed by atoms with Gasteiger partial charge in [0.25, 0.3) is 0 Å². The maximum Gasteiger partial charge on any atom is 0.347 e. The summed E-state index contributed by atoms with van der Waals surface area (Å²) in [5, 5.41) is 19.6. The fourth-order valence-corrected chi connectivity index (χ4v) is 4.95. The Morgan fingerprint density at radius 2 is 1.03 bits per heavy atom. The van der Waals surface area contributed by atoms with Crippen molar-refractivity contribution < 1.29 is 43.6 Å². The van der Waals surface area contributed by atoms with E-state index in [0.29, 0.717) is 57.7 Å². The smallest absolute Gasteiger partial charge is 0.347 e. The summed E-state index contributed by atoms with van der Waals surface area (Å²) in [4.78, 5) is 50.7. The standard InChI is InChI=1S/C28H26O9/c1-13-9-19-15(11-21(13)35-3)5-7-17(25(29)30)23(19)27(33)37-28(34)24-18(26(31)32)8-6-16-12-22(36-4)14(2)10-20(16)24/h9-12H,5-8H2,1-4H3,(H,29,30)(H,31,32). The highest BCUT2D eigenvalue weighted by Gasteiger charge is 2.35. The van der Waals surface area contributed by atoms with Crippen molar-refractivity contribution in [3.63, 3.8) is 0 Å². The molecule has 0 heterocycles. The average molecular weight is 507 g/mol. The highest BCUT2D eigenvalue weighted by molar-refractivity contribution is 6.31. The molecule has 4 rings (SSSR count). The van der Waals surface area contributed by atoms with Crippen LogP contribution in [0.25, 0.3) is 11.1 Å². The molecule has 2 aliphatic rings. The molecule has 0 aliphatic heterocycles. The minimum atomic E-state index is -1.30. The number of methoxy groups -OCH3 is 2. The second-order valence-electron chi connectivity index (χ2n) is 8.95. The number of carbonyl (C=O) groups excluding carboxylic acids is 2. The molecule has 2 aromatic carbocycles. The van der Waals surface area contributed by atoms with Crippen molar-refractivity contribution in [2.75, 3.05) is 14.2 Å². The molecule has 0 radical (unpaired) electrons. The van der Waals surface area contributed by atoms with Gasteiger partial charge in [-0.3, -0.25) is 0 Å². The highest BCUT2D eigenvalue weighted by atomic mass is 16.6. The molecule has 192 valence electrons. The summed E-state index contributed by atoms with van der Waals surface area (Å²) in [7, 11) is 3.02. The van der Waals surface area contributed by atoms with Crippen LogP contribution >= 0.6 is 0 Å². The van der Waals surface area contributed by atoms with Crippen LogP contribution in [0.1, 0.15) is 46.2 Å². The number of aryl methyl sites for hydroxylation is 4. The zero-order chi connectivity index (χ0) is 27.0. The lowest BCUT2D eigenvalue weighted by molar-refractivity contribution is -0.151. The van der Waals surface area contributed by atoms with E-state index in [4.69, 9.17) is 14.2 Å². The van der Waals surface area contributed by atoms with Crippen LogP contribution in [-0.4, -0.2) is 48.3 Å². The van der Waals surface area contributed by atoms with Gasteiger partial charge in [-0.05, 0) is 97.2 Å². The van der Waals surface area contributed by atoms with E-state index in [1.165, 1.54) is 14.2 Å². The Morgan fingerprint density at radius 3 is 1.35 bits per heavy atom. The van der Waals surface area contributed by atoms with Gasteiger partial charge >= 0.3 is 23.9 Å². The van der Waals surface area contributed by atoms with Crippen molar-refractivity contribution in [1.29, 1.82) is 0 Å².